The van der Waals surface area contributed by atoms with Gasteiger partial charge in [-0.1, -0.05) is 0 Å². The number of carbonyl (C=O) groups excluding carboxylic acids is 1. The van der Waals surface area contributed by atoms with E-state index in [-0.39, 0.29) is 28.3 Å². The van der Waals surface area contributed by atoms with Crippen LogP contribution in [0.4, 0.5) is 0 Å². The van der Waals surface area contributed by atoms with Gasteiger partial charge in [0.15, 0.2) is 0 Å². The summed E-state index contributed by atoms with van der Waals surface area (Å²) in [5, 5.41) is 8.97. The lowest BCUT2D eigenvalue weighted by atomic mass is 10.1. The zero-order valence-electron chi connectivity index (χ0n) is 14.9. The van der Waals surface area contributed by atoms with E-state index in [9.17, 15) is 18.0 Å². The maximum atomic E-state index is 12.6. The average Bonchev–Trinajstić information content (AvgIpc) is 2.49. The number of carboxylic acid groups (broad SMARTS) is 1. The number of carbonyl (C=O) groups is 2. The summed E-state index contributed by atoms with van der Waals surface area (Å²) in [7, 11) is -2.56. The highest BCUT2D eigenvalue weighted by Crippen LogP contribution is 2.26. The van der Waals surface area contributed by atoms with Crippen molar-refractivity contribution in [2.75, 3.05) is 13.7 Å². The second-order valence-electron chi connectivity index (χ2n) is 6.06. The van der Waals surface area contributed by atoms with Gasteiger partial charge in [-0.2, -0.15) is 0 Å². The van der Waals surface area contributed by atoms with E-state index in [1.165, 1.54) is 25.3 Å². The summed E-state index contributed by atoms with van der Waals surface area (Å²) >= 11 is 0. The van der Waals surface area contributed by atoms with Crippen molar-refractivity contribution in [3.05, 3.63) is 23.8 Å². The fourth-order valence-corrected chi connectivity index (χ4v) is 3.64. The number of benzene rings is 1. The molecule has 0 unspecified atom stereocenters. The van der Waals surface area contributed by atoms with Crippen molar-refractivity contribution >= 4 is 21.9 Å². The van der Waals surface area contributed by atoms with Gasteiger partial charge in [-0.3, -0.25) is 9.59 Å². The van der Waals surface area contributed by atoms with Crippen molar-refractivity contribution in [1.29, 1.82) is 0 Å². The SMILES string of the molecule is COc1ccc(C(=O)N(CC(=O)O)C(C)C)cc1S(=O)(=O)NC(C)C. The molecule has 0 aliphatic rings. The van der Waals surface area contributed by atoms with Gasteiger partial charge in [-0.15, -0.1) is 0 Å². The summed E-state index contributed by atoms with van der Waals surface area (Å²) in [6.07, 6.45) is 0. The van der Waals surface area contributed by atoms with Crippen LogP contribution in [0.1, 0.15) is 38.1 Å². The molecule has 0 aromatic heterocycles. The Labute approximate surface area is 147 Å². The monoisotopic (exact) mass is 372 g/mol. The van der Waals surface area contributed by atoms with Crippen molar-refractivity contribution in [3.63, 3.8) is 0 Å². The molecule has 0 radical (unpaired) electrons. The lowest BCUT2D eigenvalue weighted by Crippen LogP contribution is -2.40. The molecule has 0 aliphatic carbocycles. The van der Waals surface area contributed by atoms with Crippen LogP contribution in [-0.4, -0.2) is 56.0 Å². The zero-order valence-corrected chi connectivity index (χ0v) is 15.8. The number of carboxylic acids is 1. The van der Waals surface area contributed by atoms with Crippen LogP contribution in [0.25, 0.3) is 0 Å². The molecule has 0 fully saturated rings. The first-order chi connectivity index (χ1) is 11.5. The topological polar surface area (TPSA) is 113 Å². The number of rotatable bonds is 8. The summed E-state index contributed by atoms with van der Waals surface area (Å²) in [6, 6.07) is 3.28. The van der Waals surface area contributed by atoms with Crippen LogP contribution in [-0.2, 0) is 14.8 Å². The smallest absolute Gasteiger partial charge is 0.323 e. The number of ether oxygens (including phenoxy) is 1. The number of hydrogen-bond acceptors (Lipinski definition) is 5. The molecule has 140 valence electrons. The lowest BCUT2D eigenvalue weighted by Gasteiger charge is -2.25. The van der Waals surface area contributed by atoms with Crippen LogP contribution >= 0.6 is 0 Å². The average molecular weight is 372 g/mol. The van der Waals surface area contributed by atoms with Gasteiger partial charge in [0.2, 0.25) is 10.0 Å². The third kappa shape index (κ3) is 5.43. The Hall–Kier alpha value is -2.13. The summed E-state index contributed by atoms with van der Waals surface area (Å²) < 4.78 is 32.5. The highest BCUT2D eigenvalue weighted by molar-refractivity contribution is 7.89. The molecule has 0 atom stereocenters. The summed E-state index contributed by atoms with van der Waals surface area (Å²) in [5.74, 6) is -1.62. The third-order valence-electron chi connectivity index (χ3n) is 3.28. The van der Waals surface area contributed by atoms with Gasteiger partial charge in [0.05, 0.1) is 7.11 Å². The van der Waals surface area contributed by atoms with E-state index < -0.39 is 28.4 Å². The van der Waals surface area contributed by atoms with E-state index in [0.29, 0.717) is 0 Å². The maximum absolute atomic E-state index is 12.6. The standard InChI is InChI=1S/C16H24N2O6S/c1-10(2)17-25(22,23)14-8-12(6-7-13(14)24-5)16(21)18(11(3)4)9-15(19)20/h6-8,10-11,17H,9H2,1-5H3,(H,19,20). The van der Waals surface area contributed by atoms with Gasteiger partial charge < -0.3 is 14.7 Å². The van der Waals surface area contributed by atoms with Crippen molar-refractivity contribution in [3.8, 4) is 5.75 Å². The van der Waals surface area contributed by atoms with Gasteiger partial charge in [-0.05, 0) is 45.9 Å². The number of sulfonamides is 1. The van der Waals surface area contributed by atoms with Crippen LogP contribution in [0.15, 0.2) is 23.1 Å². The van der Waals surface area contributed by atoms with Gasteiger partial charge >= 0.3 is 5.97 Å². The Bertz CT molecular complexity index is 743. The number of hydrogen-bond donors (Lipinski definition) is 2. The van der Waals surface area contributed by atoms with E-state index >= 15 is 0 Å². The van der Waals surface area contributed by atoms with Gasteiger partial charge in [0, 0.05) is 17.6 Å². The number of nitrogens with one attached hydrogen (secondary N) is 1. The Balaban J connectivity index is 3.37. The van der Waals surface area contributed by atoms with E-state index in [1.807, 2.05) is 0 Å². The summed E-state index contributed by atoms with van der Waals surface area (Å²) in [6.45, 7) is 6.23. The number of amides is 1. The molecule has 1 aromatic carbocycles. The van der Waals surface area contributed by atoms with Crippen LogP contribution < -0.4 is 9.46 Å². The van der Waals surface area contributed by atoms with E-state index in [4.69, 9.17) is 9.84 Å². The molecule has 0 saturated carbocycles. The predicted molar refractivity (Wildman–Crippen MR) is 92.3 cm³/mol. The Kier molecular flexibility index (Phi) is 6.95. The first-order valence-corrected chi connectivity index (χ1v) is 9.21. The van der Waals surface area contributed by atoms with Crippen molar-refractivity contribution in [1.82, 2.24) is 9.62 Å². The minimum atomic E-state index is -3.89. The summed E-state index contributed by atoms with van der Waals surface area (Å²) in [5.41, 5.74) is 0.0693. The van der Waals surface area contributed by atoms with Gasteiger partial charge in [0.25, 0.3) is 5.91 Å². The highest BCUT2D eigenvalue weighted by atomic mass is 32.2. The molecule has 9 heteroatoms. The fraction of sp³-hybridized carbons (Fsp3) is 0.500. The molecule has 25 heavy (non-hydrogen) atoms. The minimum Gasteiger partial charge on any atom is -0.495 e. The van der Waals surface area contributed by atoms with Crippen molar-refractivity contribution in [2.24, 2.45) is 0 Å². The molecule has 1 aromatic rings. The van der Waals surface area contributed by atoms with Crippen LogP contribution in [0.2, 0.25) is 0 Å². The third-order valence-corrected chi connectivity index (χ3v) is 4.96. The molecule has 2 N–H and O–H groups in total. The first-order valence-electron chi connectivity index (χ1n) is 7.72. The second-order valence-corrected chi connectivity index (χ2v) is 7.74. The second kappa shape index (κ2) is 8.30. The minimum absolute atomic E-state index is 0.0693. The predicted octanol–water partition coefficient (Wildman–Crippen LogP) is 1.32. The highest BCUT2D eigenvalue weighted by Gasteiger charge is 2.26. The molecule has 1 rings (SSSR count). The molecule has 1 amide bonds. The molecule has 0 bridgehead atoms. The van der Waals surface area contributed by atoms with Crippen molar-refractivity contribution in [2.45, 2.75) is 44.7 Å². The number of aliphatic carboxylic acids is 1. The first kappa shape index (κ1) is 20.9. The molecule has 0 heterocycles. The molecular weight excluding hydrogens is 348 g/mol. The number of nitrogens with zero attached hydrogens (tertiary/aromatic N) is 1. The Morgan fingerprint density at radius 2 is 1.84 bits per heavy atom. The zero-order chi connectivity index (χ0) is 19.4. The number of methoxy groups -OCH3 is 1. The molecule has 0 saturated heterocycles. The quantitative estimate of drug-likeness (QED) is 0.711. The fourth-order valence-electron chi connectivity index (χ4n) is 2.19. The molecule has 8 nitrogen and oxygen atoms in total. The normalized spacial score (nSPS) is 11.6. The largest absolute Gasteiger partial charge is 0.495 e. The Morgan fingerprint density at radius 1 is 1.24 bits per heavy atom. The van der Waals surface area contributed by atoms with Crippen LogP contribution in [0.5, 0.6) is 5.75 Å². The van der Waals surface area contributed by atoms with E-state index in [0.717, 1.165) is 4.90 Å². The summed E-state index contributed by atoms with van der Waals surface area (Å²) in [4.78, 5) is 24.6. The van der Waals surface area contributed by atoms with Crippen molar-refractivity contribution < 1.29 is 27.9 Å². The molecule has 0 aliphatic heterocycles. The van der Waals surface area contributed by atoms with E-state index in [2.05, 4.69) is 4.72 Å². The van der Waals surface area contributed by atoms with Gasteiger partial charge in [-0.25, -0.2) is 13.1 Å². The van der Waals surface area contributed by atoms with E-state index in [1.54, 1.807) is 27.7 Å². The lowest BCUT2D eigenvalue weighted by molar-refractivity contribution is -0.138. The molecule has 0 spiro atoms. The van der Waals surface area contributed by atoms with Gasteiger partial charge in [0.1, 0.15) is 17.2 Å². The Morgan fingerprint density at radius 3 is 2.28 bits per heavy atom. The van der Waals surface area contributed by atoms with Crippen LogP contribution in [0, 0.1) is 0 Å². The molecular formula is C16H24N2O6S. The maximum Gasteiger partial charge on any atom is 0.323 e. The van der Waals surface area contributed by atoms with Crippen LogP contribution in [0.3, 0.4) is 0 Å².